The molecule has 1 aliphatic rings. The molecule has 19 heavy (non-hydrogen) atoms. The Morgan fingerprint density at radius 1 is 1.42 bits per heavy atom. The number of primary sulfonamides is 1. The van der Waals surface area contributed by atoms with E-state index < -0.39 is 15.8 Å². The largest absolute Gasteiger partial charge is 0.369 e. The van der Waals surface area contributed by atoms with Crippen molar-refractivity contribution >= 4 is 15.7 Å². The van der Waals surface area contributed by atoms with E-state index in [1.807, 2.05) is 4.90 Å². The third-order valence-corrected chi connectivity index (χ3v) is 4.36. The Morgan fingerprint density at radius 3 is 2.74 bits per heavy atom. The molecule has 1 aromatic rings. The maximum atomic E-state index is 14.0. The van der Waals surface area contributed by atoms with Crippen LogP contribution in [0.5, 0.6) is 0 Å². The second kappa shape index (κ2) is 5.44. The van der Waals surface area contributed by atoms with Crippen molar-refractivity contribution in [1.29, 1.82) is 0 Å². The maximum absolute atomic E-state index is 14.0. The fourth-order valence-corrected chi connectivity index (χ4v) is 2.97. The molecule has 7 heteroatoms. The standard InChI is InChI=1S/C12H18FN3O2S/c13-11-7-10(19(15,17)18)1-2-12(11)16-6-4-9(8-16)3-5-14/h1-2,7,9H,3-6,8,14H2,(H2,15,17,18). The predicted molar refractivity (Wildman–Crippen MR) is 71.8 cm³/mol. The van der Waals surface area contributed by atoms with E-state index in [2.05, 4.69) is 0 Å². The van der Waals surface area contributed by atoms with Gasteiger partial charge in [0.15, 0.2) is 0 Å². The highest BCUT2D eigenvalue weighted by Crippen LogP contribution is 2.28. The van der Waals surface area contributed by atoms with Crippen molar-refractivity contribution in [3.63, 3.8) is 0 Å². The fraction of sp³-hybridized carbons (Fsp3) is 0.500. The van der Waals surface area contributed by atoms with Crippen molar-refractivity contribution in [2.45, 2.75) is 17.7 Å². The smallest absolute Gasteiger partial charge is 0.238 e. The molecule has 0 aliphatic carbocycles. The van der Waals surface area contributed by atoms with Crippen LogP contribution in [0, 0.1) is 11.7 Å². The molecule has 5 nitrogen and oxygen atoms in total. The van der Waals surface area contributed by atoms with Gasteiger partial charge in [-0.25, -0.2) is 17.9 Å². The average molecular weight is 287 g/mol. The van der Waals surface area contributed by atoms with E-state index in [0.717, 1.165) is 32.0 Å². The quantitative estimate of drug-likeness (QED) is 0.851. The fourth-order valence-electron chi connectivity index (χ4n) is 2.44. The summed E-state index contributed by atoms with van der Waals surface area (Å²) in [4.78, 5) is 1.72. The number of sulfonamides is 1. The van der Waals surface area contributed by atoms with Crippen LogP contribution in [0.1, 0.15) is 12.8 Å². The van der Waals surface area contributed by atoms with Crippen molar-refractivity contribution in [1.82, 2.24) is 0 Å². The number of halogens is 1. The summed E-state index contributed by atoms with van der Waals surface area (Å²) in [6.07, 6.45) is 1.90. The second-order valence-electron chi connectivity index (χ2n) is 4.84. The topological polar surface area (TPSA) is 89.4 Å². The third-order valence-electron chi connectivity index (χ3n) is 3.45. The molecule has 1 aliphatic heterocycles. The van der Waals surface area contributed by atoms with Gasteiger partial charge in [-0.2, -0.15) is 0 Å². The van der Waals surface area contributed by atoms with E-state index in [0.29, 0.717) is 18.2 Å². The van der Waals surface area contributed by atoms with Gasteiger partial charge in [0.2, 0.25) is 10.0 Å². The van der Waals surface area contributed by atoms with Gasteiger partial charge in [0, 0.05) is 13.1 Å². The third kappa shape index (κ3) is 3.23. The van der Waals surface area contributed by atoms with Gasteiger partial charge in [-0.15, -0.1) is 0 Å². The first-order chi connectivity index (χ1) is 8.91. The normalized spacial score (nSPS) is 19.9. The zero-order chi connectivity index (χ0) is 14.0. The Bertz CT molecular complexity index is 562. The van der Waals surface area contributed by atoms with Crippen molar-refractivity contribution in [3.05, 3.63) is 24.0 Å². The Hall–Kier alpha value is -1.18. The molecule has 0 bridgehead atoms. The lowest BCUT2D eigenvalue weighted by Gasteiger charge is -2.19. The zero-order valence-electron chi connectivity index (χ0n) is 10.5. The molecule has 1 heterocycles. The number of anilines is 1. The lowest BCUT2D eigenvalue weighted by molar-refractivity contribution is 0.545. The van der Waals surface area contributed by atoms with E-state index >= 15 is 0 Å². The summed E-state index contributed by atoms with van der Waals surface area (Å²) >= 11 is 0. The van der Waals surface area contributed by atoms with Crippen LogP contribution in [0.4, 0.5) is 10.1 Å². The van der Waals surface area contributed by atoms with Crippen LogP contribution in [0.15, 0.2) is 23.1 Å². The first kappa shape index (κ1) is 14.2. The van der Waals surface area contributed by atoms with E-state index in [1.165, 1.54) is 12.1 Å². The number of benzene rings is 1. The van der Waals surface area contributed by atoms with Crippen LogP contribution >= 0.6 is 0 Å². The first-order valence-electron chi connectivity index (χ1n) is 6.19. The molecule has 0 spiro atoms. The average Bonchev–Trinajstić information content (AvgIpc) is 2.76. The molecular formula is C12H18FN3O2S. The van der Waals surface area contributed by atoms with Crippen molar-refractivity contribution < 1.29 is 12.8 Å². The monoisotopic (exact) mass is 287 g/mol. The van der Waals surface area contributed by atoms with Crippen molar-refractivity contribution in [2.24, 2.45) is 16.8 Å². The molecule has 0 amide bonds. The molecular weight excluding hydrogens is 269 g/mol. The molecule has 1 unspecified atom stereocenters. The van der Waals surface area contributed by atoms with Gasteiger partial charge in [-0.3, -0.25) is 0 Å². The van der Waals surface area contributed by atoms with Gasteiger partial charge in [0.25, 0.3) is 0 Å². The number of nitrogens with zero attached hydrogens (tertiary/aromatic N) is 1. The maximum Gasteiger partial charge on any atom is 0.238 e. The highest BCUT2D eigenvalue weighted by atomic mass is 32.2. The highest BCUT2D eigenvalue weighted by molar-refractivity contribution is 7.89. The van der Waals surface area contributed by atoms with Crippen LogP contribution in [0.3, 0.4) is 0 Å². The highest BCUT2D eigenvalue weighted by Gasteiger charge is 2.24. The van der Waals surface area contributed by atoms with Gasteiger partial charge in [-0.1, -0.05) is 0 Å². The summed E-state index contributed by atoms with van der Waals surface area (Å²) in [6, 6.07) is 3.78. The van der Waals surface area contributed by atoms with E-state index in [-0.39, 0.29) is 4.90 Å². The Balaban J connectivity index is 2.19. The first-order valence-corrected chi connectivity index (χ1v) is 7.74. The van der Waals surface area contributed by atoms with Crippen LogP contribution < -0.4 is 15.8 Å². The molecule has 4 N–H and O–H groups in total. The number of hydrogen-bond acceptors (Lipinski definition) is 4. The summed E-state index contributed by atoms with van der Waals surface area (Å²) in [5.41, 5.74) is 5.94. The predicted octanol–water partition coefficient (Wildman–Crippen LogP) is 0.648. The van der Waals surface area contributed by atoms with Crippen LogP contribution in [0.2, 0.25) is 0 Å². The zero-order valence-corrected chi connectivity index (χ0v) is 11.4. The Labute approximate surface area is 112 Å². The lowest BCUT2D eigenvalue weighted by Crippen LogP contribution is -2.22. The van der Waals surface area contributed by atoms with Gasteiger partial charge in [0.1, 0.15) is 5.82 Å². The van der Waals surface area contributed by atoms with Crippen LogP contribution in [0.25, 0.3) is 0 Å². The molecule has 1 aromatic carbocycles. The summed E-state index contributed by atoms with van der Waals surface area (Å²) in [7, 11) is -3.86. The second-order valence-corrected chi connectivity index (χ2v) is 6.40. The molecule has 1 saturated heterocycles. The van der Waals surface area contributed by atoms with Crippen molar-refractivity contribution in [2.75, 3.05) is 24.5 Å². The Morgan fingerprint density at radius 2 is 2.16 bits per heavy atom. The minimum absolute atomic E-state index is 0.202. The molecule has 2 rings (SSSR count). The van der Waals surface area contributed by atoms with E-state index in [9.17, 15) is 12.8 Å². The van der Waals surface area contributed by atoms with E-state index in [4.69, 9.17) is 10.9 Å². The summed E-state index contributed by atoms with van der Waals surface area (Å²) in [5, 5.41) is 4.97. The SMILES string of the molecule is NCCC1CCN(c2ccc(S(N)(=O)=O)cc2F)C1. The lowest BCUT2D eigenvalue weighted by atomic mass is 10.1. The summed E-state index contributed by atoms with van der Waals surface area (Å²) in [6.45, 7) is 2.14. The molecule has 0 saturated carbocycles. The van der Waals surface area contributed by atoms with Gasteiger partial charge in [-0.05, 0) is 43.5 Å². The van der Waals surface area contributed by atoms with Crippen molar-refractivity contribution in [3.8, 4) is 0 Å². The minimum atomic E-state index is -3.86. The van der Waals surface area contributed by atoms with Gasteiger partial charge in [0.05, 0.1) is 10.6 Å². The number of hydrogen-bond donors (Lipinski definition) is 2. The minimum Gasteiger partial charge on any atom is -0.369 e. The van der Waals surface area contributed by atoms with Crippen LogP contribution in [-0.2, 0) is 10.0 Å². The molecule has 0 radical (unpaired) electrons. The Kier molecular flexibility index (Phi) is 4.07. The molecule has 0 aromatic heterocycles. The molecule has 1 fully saturated rings. The summed E-state index contributed by atoms with van der Waals surface area (Å²) in [5.74, 6) is -0.0813. The number of nitrogens with two attached hydrogens (primary N) is 2. The van der Waals surface area contributed by atoms with Gasteiger partial charge >= 0.3 is 0 Å². The van der Waals surface area contributed by atoms with Crippen LogP contribution in [-0.4, -0.2) is 28.1 Å². The summed E-state index contributed by atoms with van der Waals surface area (Å²) < 4.78 is 36.2. The molecule has 1 atom stereocenters. The molecule has 106 valence electrons. The van der Waals surface area contributed by atoms with E-state index in [1.54, 1.807) is 0 Å². The van der Waals surface area contributed by atoms with Gasteiger partial charge < -0.3 is 10.6 Å². The number of rotatable bonds is 4.